The molecule has 0 fully saturated rings. The van der Waals surface area contributed by atoms with Crippen LogP contribution in [-0.2, 0) is 99.6 Å². The van der Waals surface area contributed by atoms with Gasteiger partial charge in [0.05, 0.1) is 0 Å². The van der Waals surface area contributed by atoms with Crippen molar-refractivity contribution in [3.8, 4) is 45.0 Å². The van der Waals surface area contributed by atoms with E-state index in [0.29, 0.717) is 0 Å². The zero-order chi connectivity index (χ0) is 101. The van der Waals surface area contributed by atoms with E-state index in [4.69, 9.17) is 0 Å². The Morgan fingerprint density at radius 3 is 0.853 bits per heavy atom. The van der Waals surface area contributed by atoms with E-state index in [1.807, 2.05) is 191 Å². The van der Waals surface area contributed by atoms with Gasteiger partial charge >= 0.3 is 0 Å². The number of rotatable bonds is 8. The number of aryl methyl sites for hydroxylation is 12. The van der Waals surface area contributed by atoms with Gasteiger partial charge in [-0.15, -0.1) is 138 Å². The molecule has 4 N–H and O–H groups in total. The molecule has 16 heteroatoms. The Morgan fingerprint density at radius 1 is 0.265 bits per heavy atom. The fourth-order valence-corrected chi connectivity index (χ4v) is 12.7. The number of nitrogens with zero attached hydrogens (tertiary/aromatic N) is 4. The number of benzene rings is 8. The van der Waals surface area contributed by atoms with E-state index in [1.165, 1.54) is 151 Å². The number of carbonyl (C=O) groups is 4. The molecule has 8 aromatic carbocycles. The smallest absolute Gasteiger partial charge is 0.164 e. The second kappa shape index (κ2) is 51.7. The normalized spacial score (nSPS) is 12.0. The van der Waals surface area contributed by atoms with Crippen molar-refractivity contribution in [1.29, 1.82) is 0 Å². The van der Waals surface area contributed by atoms with Crippen molar-refractivity contribution in [1.82, 2.24) is 19.9 Å². The van der Waals surface area contributed by atoms with E-state index in [1.54, 1.807) is 0 Å². The van der Waals surface area contributed by atoms with Crippen LogP contribution in [0.1, 0.15) is 255 Å². The van der Waals surface area contributed by atoms with Crippen LogP contribution in [-0.4, -0.2) is 63.5 Å². The molecule has 136 heavy (non-hydrogen) atoms. The molecule has 12 nitrogen and oxygen atoms in total. The van der Waals surface area contributed by atoms with Crippen LogP contribution in [0.3, 0.4) is 0 Å². The fraction of sp³-hybridized carbons (Fsp3) is 0.400. The SMILES string of the molecule is CC(C)(C)C(=O)C=C(O)C(C)(C)C.CC(C)(C)C(=O)C=C(O)C(C)(C)C.CC(C)(C)C(=O)C=C(O)C(C)(C)C.CC(C)(C)C(=O)C=C(O)C(C)(C)C.Cc1[c-]c(-c2nccc3ccc(C)cc23)c(C)c(C)c1.Cc1ccc2ccnc(-c3[c-]c(C)c(C)c(C)c3)c2c1.Cc1ccc2ccnc(-c3[c-]c(C)c(C)cc3C)c2c1.Cc1ccc2ccnc(-c3[c-]cc(C)c(C)c3C)c2c1.[Ir].[Ir].[Ir].[Ir]. The van der Waals surface area contributed by atoms with E-state index < -0.39 is 21.7 Å². The molecule has 4 heterocycles. The van der Waals surface area contributed by atoms with Crippen molar-refractivity contribution >= 4 is 66.2 Å². The summed E-state index contributed by atoms with van der Waals surface area (Å²) in [7, 11) is 0. The Kier molecular flexibility index (Phi) is 47.4. The quantitative estimate of drug-likeness (QED) is 0.0638. The maximum Gasteiger partial charge on any atom is 0.164 e. The van der Waals surface area contributed by atoms with Gasteiger partial charge in [0, 0.05) is 173 Å². The average molecular weight is 2550 g/mol. The van der Waals surface area contributed by atoms with Crippen LogP contribution in [0, 0.1) is 178 Å². The molecule has 0 saturated heterocycles. The third-order valence-corrected chi connectivity index (χ3v) is 23.0. The molecule has 0 spiro atoms. The Balaban J connectivity index is 0.000000781. The Bertz CT molecular complexity index is 5990. The summed E-state index contributed by atoms with van der Waals surface area (Å²) in [5.41, 5.74) is 25.6. The molecule has 4 radical (unpaired) electrons. The number of ketones is 4. The second-order valence-electron chi connectivity index (χ2n) is 43.6. The van der Waals surface area contributed by atoms with Crippen molar-refractivity contribution in [2.75, 3.05) is 0 Å². The van der Waals surface area contributed by atoms with Crippen molar-refractivity contribution in [2.45, 2.75) is 277 Å². The number of pyridine rings is 4. The standard InChI is InChI=1S/4C19H18N.4C11H20O2.4Ir/c1-12-5-7-16-9-10-20-19(18(16)11-12)17-8-6-13(2)14(3)15(17)4;1-12-5-6-16-7-8-20-19(18(16)10-12)17-11-13(2)9-14(3)15(17)4;1-12-5-6-16-7-8-20-19(18(16)9-12)17-10-13(2)15(4)14(3)11-17;1-12-5-6-16-7-8-20-19(18(16)9-12)17-11-14(3)13(2)10-15(17)4;4*1-10(2,3)8(12)7-9(13)11(4,5)6;;;;/h5-7,9-11H,1-4H3;3*5-10H,1-4H3;4*7,12H,1-6H3;;;;/q4*-1;;;;;;;;. The summed E-state index contributed by atoms with van der Waals surface area (Å²) in [5.74, 6) is 0.416. The first-order chi connectivity index (χ1) is 60.4. The van der Waals surface area contributed by atoms with Gasteiger partial charge in [-0.2, -0.15) is 0 Å². The Labute approximate surface area is 870 Å². The minimum absolute atomic E-state index is 0. The molecule has 4 aromatic heterocycles. The molecule has 0 atom stereocenters. The third-order valence-electron chi connectivity index (χ3n) is 23.0. The fourth-order valence-electron chi connectivity index (χ4n) is 12.7. The number of aromatic nitrogens is 4. The van der Waals surface area contributed by atoms with Gasteiger partial charge in [-0.05, 0) is 118 Å². The number of carbonyl (C=O) groups excluding carboxylic acids is 4. The maximum absolute atomic E-state index is 11.5. The summed E-state index contributed by atoms with van der Waals surface area (Å²) >= 11 is 0. The van der Waals surface area contributed by atoms with Gasteiger partial charge in [0.15, 0.2) is 23.1 Å². The number of hydrogen-bond donors (Lipinski definition) is 4. The van der Waals surface area contributed by atoms with Crippen molar-refractivity contribution < 1.29 is 120 Å². The van der Waals surface area contributed by atoms with Gasteiger partial charge in [-0.1, -0.05) is 344 Å². The van der Waals surface area contributed by atoms with Crippen LogP contribution in [0.4, 0.5) is 0 Å². The Morgan fingerprint density at radius 2 is 0.551 bits per heavy atom. The first kappa shape index (κ1) is 125. The first-order valence-corrected chi connectivity index (χ1v) is 45.7. The van der Waals surface area contributed by atoms with E-state index in [0.717, 1.165) is 50.6 Å². The molecule has 0 unspecified atom stereocenters. The molecule has 0 aliphatic carbocycles. The maximum atomic E-state index is 11.5. The molecular weight excluding hydrogens is 2390 g/mol. The van der Waals surface area contributed by atoms with Crippen LogP contribution in [0.2, 0.25) is 0 Å². The van der Waals surface area contributed by atoms with E-state index in [9.17, 15) is 39.6 Å². The molecule has 0 bridgehead atoms. The van der Waals surface area contributed by atoms with Crippen LogP contribution < -0.4 is 0 Å². The molecule has 0 amide bonds. The molecule has 0 saturated carbocycles. The molecule has 0 aliphatic rings. The average Bonchev–Trinajstić information content (AvgIpc) is 0.799. The number of fused-ring (bicyclic) bond motifs is 4. The second-order valence-corrected chi connectivity index (χ2v) is 43.6. The summed E-state index contributed by atoms with van der Waals surface area (Å²) in [6.07, 6.45) is 12.9. The van der Waals surface area contributed by atoms with Gasteiger partial charge in [-0.25, -0.2) is 0 Å². The number of aliphatic hydroxyl groups excluding tert-OH is 4. The largest absolute Gasteiger partial charge is 0.512 e. The Hall–Kier alpha value is -9.16. The summed E-state index contributed by atoms with van der Waals surface area (Å²) in [5, 5.41) is 48.0. The number of allylic oxidation sites excluding steroid dienone is 8. The van der Waals surface area contributed by atoms with E-state index in [2.05, 4.69) is 276 Å². The van der Waals surface area contributed by atoms with E-state index >= 15 is 0 Å². The van der Waals surface area contributed by atoms with E-state index in [-0.39, 0.29) is 148 Å². The van der Waals surface area contributed by atoms with Crippen LogP contribution in [0.25, 0.3) is 88.1 Å². The molecular formula is C120H152Ir4N4O8-4. The minimum atomic E-state index is -0.417. The van der Waals surface area contributed by atoms with Gasteiger partial charge < -0.3 is 40.4 Å². The van der Waals surface area contributed by atoms with Gasteiger partial charge in [0.25, 0.3) is 0 Å². The third kappa shape index (κ3) is 36.9. The van der Waals surface area contributed by atoms with Gasteiger partial charge in [-0.3, -0.25) is 19.2 Å². The summed E-state index contributed by atoms with van der Waals surface area (Å²) < 4.78 is 0. The zero-order valence-electron chi connectivity index (χ0n) is 88.7. The zero-order valence-corrected chi connectivity index (χ0v) is 98.3. The molecule has 12 rings (SSSR count). The summed E-state index contributed by atoms with van der Waals surface area (Å²) in [4.78, 5) is 64.4. The summed E-state index contributed by atoms with van der Waals surface area (Å²) in [6.45, 7) is 78.5. The van der Waals surface area contributed by atoms with Crippen molar-refractivity contribution in [3.05, 3.63) is 307 Å². The minimum Gasteiger partial charge on any atom is -0.512 e. The number of hydrogen-bond acceptors (Lipinski definition) is 12. The topological polar surface area (TPSA) is 201 Å². The predicted molar refractivity (Wildman–Crippen MR) is 558 cm³/mol. The first-order valence-electron chi connectivity index (χ1n) is 45.7. The van der Waals surface area contributed by atoms with Crippen LogP contribution >= 0.6 is 0 Å². The number of aliphatic hydroxyl groups is 4. The van der Waals surface area contributed by atoms with Gasteiger partial charge in [0.2, 0.25) is 0 Å². The molecule has 740 valence electrons. The monoisotopic (exact) mass is 2550 g/mol. The van der Waals surface area contributed by atoms with Crippen molar-refractivity contribution in [2.24, 2.45) is 43.3 Å². The van der Waals surface area contributed by atoms with Crippen LogP contribution in [0.5, 0.6) is 0 Å². The predicted octanol–water partition coefficient (Wildman–Crippen LogP) is 32.1. The molecule has 0 aliphatic heterocycles. The molecule has 12 aromatic rings. The van der Waals surface area contributed by atoms with Crippen molar-refractivity contribution in [3.63, 3.8) is 0 Å². The van der Waals surface area contributed by atoms with Crippen LogP contribution in [0.15, 0.2) is 193 Å². The summed E-state index contributed by atoms with van der Waals surface area (Å²) in [6, 6.07) is 56.8. The van der Waals surface area contributed by atoms with Gasteiger partial charge in [0.1, 0.15) is 23.0 Å².